The summed E-state index contributed by atoms with van der Waals surface area (Å²) in [4.78, 5) is 0. The second kappa shape index (κ2) is 3.89. The van der Waals surface area contributed by atoms with Crippen molar-refractivity contribution in [1.82, 2.24) is 9.78 Å². The number of nitrogens with two attached hydrogens (primary N) is 1. The summed E-state index contributed by atoms with van der Waals surface area (Å²) in [5.41, 5.74) is 9.36. The molecule has 17 heavy (non-hydrogen) atoms. The predicted octanol–water partition coefficient (Wildman–Crippen LogP) is 1.87. The van der Waals surface area contributed by atoms with Crippen LogP contribution in [0.15, 0.2) is 30.6 Å². The largest absolute Gasteiger partial charge is 0.493 e. The molecule has 0 aliphatic carbocycles. The van der Waals surface area contributed by atoms with E-state index < -0.39 is 0 Å². The monoisotopic (exact) mass is 229 g/mol. The van der Waals surface area contributed by atoms with Crippen LogP contribution in [0.2, 0.25) is 0 Å². The van der Waals surface area contributed by atoms with Gasteiger partial charge in [-0.1, -0.05) is 12.1 Å². The van der Waals surface area contributed by atoms with Crippen LogP contribution in [0.3, 0.4) is 0 Å². The van der Waals surface area contributed by atoms with Crippen LogP contribution in [0, 0.1) is 0 Å². The number of benzene rings is 1. The zero-order chi connectivity index (χ0) is 11.8. The second-order valence-corrected chi connectivity index (χ2v) is 4.40. The number of aromatic nitrogens is 2. The lowest BCUT2D eigenvalue weighted by Crippen LogP contribution is -2.20. The summed E-state index contributed by atoms with van der Waals surface area (Å²) >= 11 is 0. The van der Waals surface area contributed by atoms with Crippen LogP contribution in [0.1, 0.15) is 18.0 Å². The molecule has 0 fully saturated rings. The lowest BCUT2D eigenvalue weighted by Gasteiger charge is -2.23. The van der Waals surface area contributed by atoms with Crippen LogP contribution in [0.4, 0.5) is 0 Å². The van der Waals surface area contributed by atoms with Crippen LogP contribution in [-0.2, 0) is 7.05 Å². The Bertz CT molecular complexity index is 547. The van der Waals surface area contributed by atoms with Gasteiger partial charge in [-0.3, -0.25) is 4.68 Å². The molecule has 0 bridgehead atoms. The van der Waals surface area contributed by atoms with Crippen molar-refractivity contribution in [2.24, 2.45) is 12.8 Å². The van der Waals surface area contributed by atoms with Gasteiger partial charge in [-0.05, 0) is 11.6 Å². The minimum atomic E-state index is 0.0988. The third-order valence-electron chi connectivity index (χ3n) is 3.14. The molecular formula is C13H15N3O. The average molecular weight is 229 g/mol. The first kappa shape index (κ1) is 10.4. The van der Waals surface area contributed by atoms with Gasteiger partial charge in [-0.2, -0.15) is 5.10 Å². The third kappa shape index (κ3) is 1.80. The molecule has 1 aliphatic rings. The lowest BCUT2D eigenvalue weighted by atomic mass is 9.98. The predicted molar refractivity (Wildman–Crippen MR) is 65.7 cm³/mol. The van der Waals surface area contributed by atoms with Crippen molar-refractivity contribution >= 4 is 0 Å². The van der Waals surface area contributed by atoms with E-state index in [1.54, 1.807) is 4.68 Å². The summed E-state index contributed by atoms with van der Waals surface area (Å²) in [6.07, 6.45) is 4.73. The maximum Gasteiger partial charge on any atom is 0.124 e. The Morgan fingerprint density at radius 2 is 2.29 bits per heavy atom. The van der Waals surface area contributed by atoms with E-state index in [0.29, 0.717) is 6.61 Å². The fraction of sp³-hybridized carbons (Fsp3) is 0.308. The lowest BCUT2D eigenvalue weighted by molar-refractivity contribution is 0.269. The van der Waals surface area contributed by atoms with Gasteiger partial charge < -0.3 is 10.5 Å². The summed E-state index contributed by atoms with van der Waals surface area (Å²) < 4.78 is 7.45. The highest BCUT2D eigenvalue weighted by atomic mass is 16.5. The Kier molecular flexibility index (Phi) is 2.37. The van der Waals surface area contributed by atoms with E-state index in [-0.39, 0.29) is 6.04 Å². The van der Waals surface area contributed by atoms with Gasteiger partial charge in [-0.25, -0.2) is 0 Å². The highest BCUT2D eigenvalue weighted by Gasteiger charge is 2.18. The molecule has 1 atom stereocenters. The van der Waals surface area contributed by atoms with Gasteiger partial charge in [0, 0.05) is 36.8 Å². The van der Waals surface area contributed by atoms with Crippen LogP contribution in [-0.4, -0.2) is 16.4 Å². The number of rotatable bonds is 1. The number of aryl methyl sites for hydroxylation is 1. The van der Waals surface area contributed by atoms with Gasteiger partial charge in [0.15, 0.2) is 0 Å². The fourth-order valence-corrected chi connectivity index (χ4v) is 2.17. The topological polar surface area (TPSA) is 53.1 Å². The molecule has 2 aromatic rings. The Morgan fingerprint density at radius 1 is 1.41 bits per heavy atom. The fourth-order valence-electron chi connectivity index (χ4n) is 2.17. The van der Waals surface area contributed by atoms with E-state index in [1.807, 2.05) is 25.5 Å². The molecule has 1 aromatic carbocycles. The number of ether oxygens (including phenoxy) is 1. The molecule has 0 spiro atoms. The SMILES string of the molecule is Cn1cc(-c2ccc3c(c2)OCCC3N)cn1. The molecule has 0 radical (unpaired) electrons. The molecule has 2 N–H and O–H groups in total. The Balaban J connectivity index is 2.03. The average Bonchev–Trinajstić information content (AvgIpc) is 2.76. The van der Waals surface area contributed by atoms with E-state index in [2.05, 4.69) is 17.2 Å². The van der Waals surface area contributed by atoms with Crippen molar-refractivity contribution in [3.63, 3.8) is 0 Å². The van der Waals surface area contributed by atoms with Crippen LogP contribution >= 0.6 is 0 Å². The number of fused-ring (bicyclic) bond motifs is 1. The second-order valence-electron chi connectivity index (χ2n) is 4.40. The molecule has 2 heterocycles. The van der Waals surface area contributed by atoms with Gasteiger partial charge in [-0.15, -0.1) is 0 Å². The van der Waals surface area contributed by atoms with Crippen LogP contribution < -0.4 is 10.5 Å². The quantitative estimate of drug-likeness (QED) is 0.812. The number of hydrogen-bond acceptors (Lipinski definition) is 3. The van der Waals surface area contributed by atoms with Crippen molar-refractivity contribution < 1.29 is 4.74 Å². The van der Waals surface area contributed by atoms with Crippen molar-refractivity contribution in [3.05, 3.63) is 36.2 Å². The Labute approximate surface area is 100 Å². The number of nitrogens with zero attached hydrogens (tertiary/aromatic N) is 2. The minimum absolute atomic E-state index is 0.0988. The molecular weight excluding hydrogens is 214 g/mol. The highest BCUT2D eigenvalue weighted by Crippen LogP contribution is 2.34. The first-order chi connectivity index (χ1) is 8.24. The van der Waals surface area contributed by atoms with Crippen LogP contribution in [0.5, 0.6) is 5.75 Å². The molecule has 88 valence electrons. The molecule has 1 aromatic heterocycles. The smallest absolute Gasteiger partial charge is 0.124 e. The Morgan fingerprint density at radius 3 is 3.06 bits per heavy atom. The van der Waals surface area contributed by atoms with E-state index in [0.717, 1.165) is 28.9 Å². The van der Waals surface area contributed by atoms with Crippen molar-refractivity contribution in [2.45, 2.75) is 12.5 Å². The minimum Gasteiger partial charge on any atom is -0.493 e. The third-order valence-corrected chi connectivity index (χ3v) is 3.14. The zero-order valence-corrected chi connectivity index (χ0v) is 9.76. The van der Waals surface area contributed by atoms with E-state index in [1.165, 1.54) is 0 Å². The van der Waals surface area contributed by atoms with Gasteiger partial charge in [0.05, 0.1) is 12.8 Å². The Hall–Kier alpha value is -1.81. The van der Waals surface area contributed by atoms with E-state index in [4.69, 9.17) is 10.5 Å². The summed E-state index contributed by atoms with van der Waals surface area (Å²) in [6, 6.07) is 6.28. The maximum atomic E-state index is 6.04. The first-order valence-corrected chi connectivity index (χ1v) is 5.75. The normalized spacial score (nSPS) is 18.6. The molecule has 1 aliphatic heterocycles. The summed E-state index contributed by atoms with van der Waals surface area (Å²) in [7, 11) is 1.91. The summed E-state index contributed by atoms with van der Waals surface area (Å²) in [5, 5.41) is 4.17. The van der Waals surface area contributed by atoms with Gasteiger partial charge >= 0.3 is 0 Å². The first-order valence-electron chi connectivity index (χ1n) is 5.75. The number of hydrogen-bond donors (Lipinski definition) is 1. The standard InChI is InChI=1S/C13H15N3O/c1-16-8-10(7-15-16)9-2-3-11-12(14)4-5-17-13(11)6-9/h2-3,6-8,12H,4-5,14H2,1H3. The highest BCUT2D eigenvalue weighted by molar-refractivity contribution is 5.65. The van der Waals surface area contributed by atoms with Crippen LogP contribution in [0.25, 0.3) is 11.1 Å². The molecule has 4 heteroatoms. The molecule has 0 saturated carbocycles. The van der Waals surface area contributed by atoms with Crippen molar-refractivity contribution in [2.75, 3.05) is 6.61 Å². The van der Waals surface area contributed by atoms with Crippen molar-refractivity contribution in [3.8, 4) is 16.9 Å². The van der Waals surface area contributed by atoms with E-state index in [9.17, 15) is 0 Å². The zero-order valence-electron chi connectivity index (χ0n) is 9.76. The summed E-state index contributed by atoms with van der Waals surface area (Å²) in [5.74, 6) is 0.908. The molecule has 1 unspecified atom stereocenters. The maximum absolute atomic E-state index is 6.04. The molecule has 4 nitrogen and oxygen atoms in total. The van der Waals surface area contributed by atoms with Crippen molar-refractivity contribution in [1.29, 1.82) is 0 Å². The summed E-state index contributed by atoms with van der Waals surface area (Å²) in [6.45, 7) is 0.699. The molecule has 3 rings (SSSR count). The van der Waals surface area contributed by atoms with Gasteiger partial charge in [0.25, 0.3) is 0 Å². The van der Waals surface area contributed by atoms with Gasteiger partial charge in [0.1, 0.15) is 5.75 Å². The van der Waals surface area contributed by atoms with E-state index >= 15 is 0 Å². The molecule has 0 saturated heterocycles. The molecule has 0 amide bonds. The van der Waals surface area contributed by atoms with Gasteiger partial charge in [0.2, 0.25) is 0 Å².